The Labute approximate surface area is 349 Å². The first-order chi connectivity index (χ1) is 25.6. The molecule has 56 heavy (non-hydrogen) atoms. The van der Waals surface area contributed by atoms with Crippen LogP contribution in [0.1, 0.15) is 57.1 Å². The number of aromatic nitrogens is 4. The number of fused-ring (bicyclic) bond motifs is 2. The van der Waals surface area contributed by atoms with E-state index < -0.39 is 16.8 Å². The summed E-state index contributed by atoms with van der Waals surface area (Å²) in [4.78, 5) is 33.1. The zero-order chi connectivity index (χ0) is 39.2. The van der Waals surface area contributed by atoms with Gasteiger partial charge in [-0.05, 0) is 94.3 Å². The van der Waals surface area contributed by atoms with Crippen LogP contribution in [0, 0.1) is 10.8 Å². The van der Waals surface area contributed by atoms with Crippen molar-refractivity contribution in [2.45, 2.75) is 60.5 Å². The average Bonchev–Trinajstić information content (AvgIpc) is 3.64. The molecule has 0 fully saturated rings. The van der Waals surface area contributed by atoms with Crippen molar-refractivity contribution in [3.63, 3.8) is 0 Å². The van der Waals surface area contributed by atoms with Crippen LogP contribution in [0.25, 0.3) is 22.1 Å². The summed E-state index contributed by atoms with van der Waals surface area (Å²) in [6.07, 6.45) is 0.937. The molecule has 0 amide bonds. The average molecular weight is 798 g/mol. The van der Waals surface area contributed by atoms with Gasteiger partial charge in [-0.2, -0.15) is 0 Å². The third-order valence-electron chi connectivity index (χ3n) is 9.21. The number of carbonyl (C=O) groups excluding carboxylic acids is 1. The number of rotatable bonds is 13. The summed E-state index contributed by atoms with van der Waals surface area (Å²) in [5.41, 5.74) is 6.17. The van der Waals surface area contributed by atoms with Gasteiger partial charge >= 0.3 is 30.8 Å². The predicted octanol–water partition coefficient (Wildman–Crippen LogP) is 6.11. The van der Waals surface area contributed by atoms with E-state index in [1.54, 1.807) is 28.1 Å². The van der Waals surface area contributed by atoms with Crippen LogP contribution >= 0.6 is 23.2 Å². The standard InChI is InChI=1S/C22H25ClN2O3.C20H21ClN2O3.Li.H2O/c1-5-28-21(26)22(2,3)13-17-12-18-19(10-11-20(24-18)27-4)25(17)14-15-6-8-16(23)9-7-15;1-20(2,19(24)25)11-15-10-16-17(8-9-18(22-16)26-3)23(15)12-13-4-6-14(21)7-5-13;;/h6-12H,5,13-14H2,1-4H3;4-10H,11-12H2,1-3H3,(H,24,25);;1H2/q;;+1;/p-1. The van der Waals surface area contributed by atoms with E-state index in [1.807, 2.05) is 106 Å². The molecule has 0 saturated heterocycles. The molecule has 4 aromatic heterocycles. The van der Waals surface area contributed by atoms with Gasteiger partial charge in [-0.3, -0.25) is 9.59 Å². The molecule has 0 radical (unpaired) electrons. The number of benzene rings is 2. The number of carbonyl (C=O) groups is 2. The summed E-state index contributed by atoms with van der Waals surface area (Å²) in [5, 5.41) is 10.9. The Balaban J connectivity index is 0.000000291. The molecule has 2 N–H and O–H groups in total. The topological polar surface area (TPSA) is 148 Å². The molecule has 0 aliphatic rings. The minimum absolute atomic E-state index is 0. The second kappa shape index (κ2) is 19.6. The number of hydrogen-bond acceptors (Lipinski definition) is 8. The Morgan fingerprint density at radius 3 is 1.43 bits per heavy atom. The van der Waals surface area contributed by atoms with Crippen LogP contribution in [0.15, 0.2) is 84.9 Å². The predicted molar refractivity (Wildman–Crippen MR) is 215 cm³/mol. The molecule has 0 saturated carbocycles. The summed E-state index contributed by atoms with van der Waals surface area (Å²) in [6, 6.07) is 27.0. The second-order valence-electron chi connectivity index (χ2n) is 14.4. The molecule has 6 rings (SSSR count). The summed E-state index contributed by atoms with van der Waals surface area (Å²) in [6.45, 7) is 10.7. The van der Waals surface area contributed by atoms with Crippen LogP contribution in [-0.4, -0.2) is 62.4 Å². The second-order valence-corrected chi connectivity index (χ2v) is 15.2. The molecular weight excluding hydrogens is 750 g/mol. The SMILES string of the molecule is CCOC(=O)C(C)(C)Cc1cc2nc(OC)ccc2n1Cc1ccc(Cl)cc1.COc1ccc2c(cc(CC(C)(C)C(=O)O)n2Cc2ccc(Cl)cc2)n1.[Li+].[OH-]. The van der Waals surface area contributed by atoms with Gasteiger partial charge in [-0.1, -0.05) is 47.5 Å². The summed E-state index contributed by atoms with van der Waals surface area (Å²) in [7, 11) is 3.18. The van der Waals surface area contributed by atoms with E-state index >= 15 is 0 Å². The Morgan fingerprint density at radius 2 is 1.07 bits per heavy atom. The first-order valence-corrected chi connectivity index (χ1v) is 18.4. The summed E-state index contributed by atoms with van der Waals surface area (Å²) >= 11 is 12.0. The number of aliphatic carboxylic acids is 1. The Kier molecular flexibility index (Phi) is 16.0. The zero-order valence-corrected chi connectivity index (χ0v) is 34.6. The molecule has 0 aliphatic carbocycles. The van der Waals surface area contributed by atoms with Crippen molar-refractivity contribution in [2.24, 2.45) is 10.8 Å². The zero-order valence-electron chi connectivity index (χ0n) is 33.1. The molecule has 0 bridgehead atoms. The molecule has 0 aliphatic heterocycles. The normalized spacial score (nSPS) is 11.2. The number of hydrogen-bond donors (Lipinski definition) is 1. The number of halogens is 2. The third kappa shape index (κ3) is 11.1. The number of carboxylic acids is 1. The monoisotopic (exact) mass is 796 g/mol. The van der Waals surface area contributed by atoms with Gasteiger partial charge in [0.05, 0.1) is 53.7 Å². The van der Waals surface area contributed by atoms with E-state index in [9.17, 15) is 14.7 Å². The number of ether oxygens (including phenoxy) is 3. The van der Waals surface area contributed by atoms with Gasteiger partial charge in [0.2, 0.25) is 11.8 Å². The van der Waals surface area contributed by atoms with Gasteiger partial charge in [0.15, 0.2) is 0 Å². The quantitative estimate of drug-likeness (QED) is 0.108. The van der Waals surface area contributed by atoms with Gasteiger partial charge in [-0.25, -0.2) is 9.97 Å². The summed E-state index contributed by atoms with van der Waals surface area (Å²) < 4.78 is 20.0. The fourth-order valence-electron chi connectivity index (χ4n) is 6.17. The first kappa shape index (κ1) is 45.9. The number of methoxy groups -OCH3 is 2. The van der Waals surface area contributed by atoms with Crippen molar-refractivity contribution in [1.82, 2.24) is 19.1 Å². The number of esters is 1. The van der Waals surface area contributed by atoms with Crippen molar-refractivity contribution in [2.75, 3.05) is 20.8 Å². The van der Waals surface area contributed by atoms with Gasteiger partial charge < -0.3 is 33.9 Å². The van der Waals surface area contributed by atoms with E-state index in [1.165, 1.54) is 0 Å². The maximum Gasteiger partial charge on any atom is 1.00 e. The molecule has 2 aromatic carbocycles. The smallest absolute Gasteiger partial charge is 0.870 e. The maximum atomic E-state index is 12.4. The van der Waals surface area contributed by atoms with E-state index in [0.717, 1.165) is 44.6 Å². The molecule has 11 nitrogen and oxygen atoms in total. The van der Waals surface area contributed by atoms with Crippen molar-refractivity contribution in [3.05, 3.63) is 117 Å². The van der Waals surface area contributed by atoms with Crippen molar-refractivity contribution in [1.29, 1.82) is 0 Å². The fraction of sp³-hybridized carbons (Fsp3) is 0.333. The molecule has 4 heterocycles. The van der Waals surface area contributed by atoms with E-state index in [-0.39, 0.29) is 30.3 Å². The molecule has 14 heteroatoms. The molecule has 0 atom stereocenters. The van der Waals surface area contributed by atoms with Gasteiger partial charge in [0.1, 0.15) is 0 Å². The van der Waals surface area contributed by atoms with Crippen LogP contribution in [0.5, 0.6) is 11.8 Å². The van der Waals surface area contributed by atoms with Crippen LogP contribution in [0.2, 0.25) is 10.0 Å². The number of carboxylic acid groups (broad SMARTS) is 1. The van der Waals surface area contributed by atoms with Gasteiger partial charge in [0, 0.05) is 59.5 Å². The minimum atomic E-state index is -0.879. The van der Waals surface area contributed by atoms with Gasteiger partial charge in [-0.15, -0.1) is 0 Å². The summed E-state index contributed by atoms with van der Waals surface area (Å²) in [5.74, 6) is 0.0627. The van der Waals surface area contributed by atoms with Crippen molar-refractivity contribution >= 4 is 57.2 Å². The Bertz CT molecular complexity index is 2250. The van der Waals surface area contributed by atoms with Crippen LogP contribution in [-0.2, 0) is 40.3 Å². The van der Waals surface area contributed by atoms with Crippen molar-refractivity contribution in [3.8, 4) is 11.8 Å². The van der Waals surface area contributed by atoms with Gasteiger partial charge in [0.25, 0.3) is 0 Å². The maximum absolute atomic E-state index is 12.4. The third-order valence-corrected chi connectivity index (χ3v) is 9.72. The number of pyridine rings is 2. The Morgan fingerprint density at radius 1 is 0.679 bits per heavy atom. The van der Waals surface area contributed by atoms with Crippen LogP contribution in [0.4, 0.5) is 0 Å². The minimum Gasteiger partial charge on any atom is -0.870 e. The van der Waals surface area contributed by atoms with E-state index in [4.69, 9.17) is 37.4 Å². The molecule has 0 unspecified atom stereocenters. The van der Waals surface area contributed by atoms with Crippen molar-refractivity contribution < 1.29 is 53.2 Å². The van der Waals surface area contributed by atoms with E-state index in [0.29, 0.717) is 54.3 Å². The molecular formula is C42H47Cl2LiN4O7. The van der Waals surface area contributed by atoms with E-state index in [2.05, 4.69) is 19.1 Å². The molecule has 0 spiro atoms. The molecule has 292 valence electrons. The number of nitrogens with zero attached hydrogens (tertiary/aromatic N) is 4. The van der Waals surface area contributed by atoms with Crippen LogP contribution < -0.4 is 28.3 Å². The Hall–Kier alpha value is -4.50. The fourth-order valence-corrected chi connectivity index (χ4v) is 6.42. The molecule has 6 aromatic rings. The first-order valence-electron chi connectivity index (χ1n) is 17.6. The van der Waals surface area contributed by atoms with Crippen LogP contribution in [0.3, 0.4) is 0 Å². The largest absolute Gasteiger partial charge is 1.00 e.